The predicted octanol–water partition coefficient (Wildman–Crippen LogP) is 5.56. The first-order valence-corrected chi connectivity index (χ1v) is 14.3. The lowest BCUT2D eigenvalue weighted by Gasteiger charge is -2.12. The number of hydrogen-bond donors (Lipinski definition) is 4. The molecule has 3 aromatic rings. The summed E-state index contributed by atoms with van der Waals surface area (Å²) >= 11 is 0. The number of hydrogen-bond acceptors (Lipinski definition) is 9. The molecule has 0 radical (unpaired) electrons. The fourth-order valence-corrected chi connectivity index (χ4v) is 4.02. The zero-order chi connectivity index (χ0) is 30.9. The van der Waals surface area contributed by atoms with Crippen molar-refractivity contribution in [3.63, 3.8) is 0 Å². The van der Waals surface area contributed by atoms with Gasteiger partial charge in [-0.05, 0) is 41.7 Å². The highest BCUT2D eigenvalue weighted by Gasteiger charge is 2.29. The van der Waals surface area contributed by atoms with E-state index in [0.29, 0.717) is 38.2 Å². The average Bonchev–Trinajstić information content (AvgIpc) is 3.00. The number of benzene rings is 2. The number of anilines is 3. The number of nitrogens with zero attached hydrogens (tertiary/aromatic N) is 3. The van der Waals surface area contributed by atoms with Crippen LogP contribution in [0.2, 0.25) is 0 Å². The van der Waals surface area contributed by atoms with Gasteiger partial charge < -0.3 is 31.2 Å². The number of ether oxygens (including phenoxy) is 1. The molecule has 5 N–H and O–H groups in total. The molecule has 0 atom stereocenters. The molecule has 0 fully saturated rings. The number of carbonyl (C=O) groups excluding carboxylic acids is 2. The van der Waals surface area contributed by atoms with Crippen molar-refractivity contribution in [1.82, 2.24) is 20.3 Å². The molecule has 0 saturated heterocycles. The molecule has 232 valence electrons. The van der Waals surface area contributed by atoms with E-state index in [4.69, 9.17) is 10.5 Å². The Bertz CT molecular complexity index is 1270. The van der Waals surface area contributed by atoms with E-state index in [1.54, 1.807) is 12.1 Å². The van der Waals surface area contributed by atoms with Crippen LogP contribution in [0.1, 0.15) is 68.1 Å². The van der Waals surface area contributed by atoms with E-state index < -0.39 is 18.8 Å². The Balaban J connectivity index is 1.52. The molecular weight excluding hydrogens is 563 g/mol. The van der Waals surface area contributed by atoms with Crippen LogP contribution < -0.4 is 26.4 Å². The third-order valence-corrected chi connectivity index (χ3v) is 6.36. The van der Waals surface area contributed by atoms with Gasteiger partial charge in [-0.25, -0.2) is 0 Å². The van der Waals surface area contributed by atoms with E-state index in [0.717, 1.165) is 61.5 Å². The highest BCUT2D eigenvalue weighted by Crippen LogP contribution is 2.21. The lowest BCUT2D eigenvalue weighted by atomic mass is 10.1. The summed E-state index contributed by atoms with van der Waals surface area (Å²) in [6.07, 6.45) is 3.36. The second-order valence-corrected chi connectivity index (χ2v) is 9.97. The minimum Gasteiger partial charge on any atom is -0.454 e. The number of rotatable bonds is 19. The van der Waals surface area contributed by atoms with Gasteiger partial charge in [-0.1, -0.05) is 62.1 Å². The number of nitrogens with two attached hydrogens (primary N) is 1. The van der Waals surface area contributed by atoms with Gasteiger partial charge in [0.05, 0.1) is 0 Å². The quantitative estimate of drug-likeness (QED) is 0.102. The van der Waals surface area contributed by atoms with Crippen molar-refractivity contribution in [2.24, 2.45) is 5.73 Å². The maximum absolute atomic E-state index is 12.7. The molecule has 0 bridgehead atoms. The third-order valence-electron chi connectivity index (χ3n) is 6.36. The summed E-state index contributed by atoms with van der Waals surface area (Å²) in [5, 5.41) is 8.85. The summed E-state index contributed by atoms with van der Waals surface area (Å²) in [4.78, 5) is 34.7. The molecule has 1 aromatic heterocycles. The summed E-state index contributed by atoms with van der Waals surface area (Å²) in [7, 11) is 0. The summed E-state index contributed by atoms with van der Waals surface area (Å²) < 4.78 is 43.0. The monoisotopic (exact) mass is 601 g/mol. The van der Waals surface area contributed by atoms with Crippen LogP contribution in [-0.2, 0) is 29.2 Å². The van der Waals surface area contributed by atoms with Crippen molar-refractivity contribution >= 4 is 29.8 Å². The van der Waals surface area contributed by atoms with E-state index in [1.165, 1.54) is 0 Å². The highest BCUT2D eigenvalue weighted by molar-refractivity contribution is 5.75. The first-order valence-electron chi connectivity index (χ1n) is 14.3. The van der Waals surface area contributed by atoms with E-state index in [1.807, 2.05) is 36.4 Å². The van der Waals surface area contributed by atoms with Crippen molar-refractivity contribution in [3.05, 3.63) is 65.2 Å². The van der Waals surface area contributed by atoms with Gasteiger partial charge in [0.2, 0.25) is 17.8 Å². The van der Waals surface area contributed by atoms with Crippen LogP contribution in [0.3, 0.4) is 0 Å². The fourth-order valence-electron chi connectivity index (χ4n) is 4.02. The third kappa shape index (κ3) is 13.5. The predicted molar refractivity (Wildman–Crippen MR) is 158 cm³/mol. The number of unbranched alkanes of at least 4 members (excludes halogenated alkanes) is 6. The Morgan fingerprint density at radius 3 is 2.09 bits per heavy atom. The van der Waals surface area contributed by atoms with Crippen molar-refractivity contribution in [1.29, 1.82) is 0 Å². The number of alkyl halides is 3. The molecule has 10 nitrogen and oxygen atoms in total. The number of nitrogens with one attached hydrogen (secondary N) is 3. The van der Waals surface area contributed by atoms with Gasteiger partial charge in [-0.2, -0.15) is 28.1 Å². The zero-order valence-corrected chi connectivity index (χ0v) is 24.0. The van der Waals surface area contributed by atoms with Crippen molar-refractivity contribution in [2.45, 2.75) is 77.2 Å². The second kappa shape index (κ2) is 17.6. The molecule has 2 aromatic carbocycles. The molecule has 0 saturated carbocycles. The van der Waals surface area contributed by atoms with Gasteiger partial charge in [-0.3, -0.25) is 4.79 Å². The van der Waals surface area contributed by atoms with Gasteiger partial charge >= 0.3 is 12.2 Å². The van der Waals surface area contributed by atoms with Crippen LogP contribution in [0.5, 0.6) is 6.01 Å². The van der Waals surface area contributed by atoms with Gasteiger partial charge in [-0.15, -0.1) is 0 Å². The highest BCUT2D eigenvalue weighted by atomic mass is 19.4. The first-order chi connectivity index (χ1) is 20.7. The van der Waals surface area contributed by atoms with Gasteiger partial charge in [0.1, 0.15) is 6.29 Å². The Labute approximate surface area is 249 Å². The van der Waals surface area contributed by atoms with E-state index >= 15 is 0 Å². The van der Waals surface area contributed by atoms with Crippen molar-refractivity contribution < 1.29 is 27.5 Å². The molecule has 0 aliphatic rings. The molecule has 0 aliphatic heterocycles. The van der Waals surface area contributed by atoms with E-state index in [-0.39, 0.29) is 17.8 Å². The van der Waals surface area contributed by atoms with Crippen LogP contribution in [-0.4, -0.2) is 39.9 Å². The summed E-state index contributed by atoms with van der Waals surface area (Å²) in [6, 6.07) is 14.2. The smallest absolute Gasteiger partial charge is 0.422 e. The standard InChI is InChI=1S/C30H38F3N7O3/c31-30(32,33)21-43-29-39-27(36-20-23-11-9-22(18-34)10-12-23)38-28(40-29)37-25-15-13-24(14-16-25)19-35-26(42)8-6-4-2-1-3-5-7-17-41/h9-17H,1-8,18-21,34H2,(H,35,42)(H2,36,37,38,39,40). The molecule has 0 unspecified atom stereocenters. The molecule has 0 spiro atoms. The molecule has 43 heavy (non-hydrogen) atoms. The molecule has 1 amide bonds. The normalized spacial score (nSPS) is 11.2. The second-order valence-electron chi connectivity index (χ2n) is 9.97. The number of amides is 1. The molecule has 0 aliphatic carbocycles. The number of halogens is 3. The minimum atomic E-state index is -4.55. The average molecular weight is 602 g/mol. The largest absolute Gasteiger partial charge is 0.454 e. The van der Waals surface area contributed by atoms with Crippen molar-refractivity contribution in [3.8, 4) is 6.01 Å². The maximum Gasteiger partial charge on any atom is 0.422 e. The van der Waals surface area contributed by atoms with Gasteiger partial charge in [0, 0.05) is 38.2 Å². The van der Waals surface area contributed by atoms with Crippen LogP contribution in [0.4, 0.5) is 30.8 Å². The Kier molecular flexibility index (Phi) is 13.6. The fraction of sp³-hybridized carbons (Fsp3) is 0.433. The van der Waals surface area contributed by atoms with Crippen LogP contribution in [0, 0.1) is 0 Å². The van der Waals surface area contributed by atoms with Crippen LogP contribution in [0.25, 0.3) is 0 Å². The summed E-state index contributed by atoms with van der Waals surface area (Å²) in [6.45, 7) is -0.445. The van der Waals surface area contributed by atoms with Crippen LogP contribution in [0.15, 0.2) is 48.5 Å². The maximum atomic E-state index is 12.7. The number of aromatic nitrogens is 3. The summed E-state index contributed by atoms with van der Waals surface area (Å²) in [5.74, 6) is 0.0165. The SMILES string of the molecule is NCc1ccc(CNc2nc(Nc3ccc(CNC(=O)CCCCCCCCC=O)cc3)nc(OCC(F)(F)F)n2)cc1. The Hall–Kier alpha value is -4.26. The molecular formula is C30H38F3N7O3. The lowest BCUT2D eigenvalue weighted by Crippen LogP contribution is -2.22. The summed E-state index contributed by atoms with van der Waals surface area (Å²) in [5.41, 5.74) is 8.95. The minimum absolute atomic E-state index is 0.00190. The van der Waals surface area contributed by atoms with Gasteiger partial charge in [0.15, 0.2) is 6.61 Å². The van der Waals surface area contributed by atoms with Crippen molar-refractivity contribution in [2.75, 3.05) is 17.2 Å². The van der Waals surface area contributed by atoms with E-state index in [9.17, 15) is 22.8 Å². The molecule has 1 heterocycles. The topological polar surface area (TPSA) is 144 Å². The zero-order valence-electron chi connectivity index (χ0n) is 24.0. The first kappa shape index (κ1) is 33.2. The number of carbonyl (C=O) groups is 2. The Morgan fingerprint density at radius 2 is 1.42 bits per heavy atom. The molecule has 13 heteroatoms. The Morgan fingerprint density at radius 1 is 0.814 bits per heavy atom. The molecule has 3 rings (SSSR count). The number of aldehydes is 1. The lowest BCUT2D eigenvalue weighted by molar-refractivity contribution is -0.154. The van der Waals surface area contributed by atoms with Gasteiger partial charge in [0.25, 0.3) is 0 Å². The van der Waals surface area contributed by atoms with E-state index in [2.05, 4.69) is 30.9 Å². The van der Waals surface area contributed by atoms with Crippen LogP contribution >= 0.6 is 0 Å².